The second-order valence-corrected chi connectivity index (χ2v) is 10.9. The summed E-state index contributed by atoms with van der Waals surface area (Å²) in [6, 6.07) is 32.3. The van der Waals surface area contributed by atoms with Gasteiger partial charge in [-0.05, 0) is 71.2 Å². The molecule has 2 N–H and O–H groups in total. The van der Waals surface area contributed by atoms with Crippen molar-refractivity contribution in [3.8, 4) is 11.1 Å². The topological polar surface area (TPSA) is 93.7 Å². The second-order valence-electron chi connectivity index (χ2n) is 10.9. The number of amides is 2. The summed E-state index contributed by atoms with van der Waals surface area (Å²) in [5, 5.41) is 5.67. The van der Waals surface area contributed by atoms with Crippen LogP contribution in [0.3, 0.4) is 0 Å². The Kier molecular flexibility index (Phi) is 10.4. The number of unbranched alkanes of at least 4 members (excludes halogenated alkanes) is 1. The third kappa shape index (κ3) is 7.72. The number of alkyl carbamates (subject to hydrolysis) is 1. The van der Waals surface area contributed by atoms with Crippen molar-refractivity contribution in [3.63, 3.8) is 0 Å². The van der Waals surface area contributed by atoms with Gasteiger partial charge >= 0.3 is 12.1 Å². The minimum Gasteiger partial charge on any atom is -0.459 e. The van der Waals surface area contributed by atoms with E-state index in [-0.39, 0.29) is 25.0 Å². The molecule has 7 heteroatoms. The average Bonchev–Trinajstić information content (AvgIpc) is 3.39. The quantitative estimate of drug-likeness (QED) is 0.132. The summed E-state index contributed by atoms with van der Waals surface area (Å²) in [4.78, 5) is 38.6. The molecular formula is C37H38N2O5. The molecule has 0 aliphatic heterocycles. The molecule has 0 unspecified atom stereocenters. The van der Waals surface area contributed by atoms with E-state index in [9.17, 15) is 14.4 Å². The molecule has 0 saturated heterocycles. The summed E-state index contributed by atoms with van der Waals surface area (Å²) in [5.41, 5.74) is 7.16. The van der Waals surface area contributed by atoms with E-state index in [1.165, 1.54) is 5.56 Å². The van der Waals surface area contributed by atoms with Gasteiger partial charge in [-0.25, -0.2) is 9.59 Å². The van der Waals surface area contributed by atoms with Crippen LogP contribution in [0.4, 0.5) is 4.79 Å². The zero-order valence-corrected chi connectivity index (χ0v) is 25.0. The van der Waals surface area contributed by atoms with Gasteiger partial charge in [0, 0.05) is 18.0 Å². The summed E-state index contributed by atoms with van der Waals surface area (Å²) in [7, 11) is 0. The number of benzene rings is 4. The summed E-state index contributed by atoms with van der Waals surface area (Å²) in [5.74, 6) is -0.746. The number of nitrogens with one attached hydrogen (secondary N) is 2. The fourth-order valence-corrected chi connectivity index (χ4v) is 5.53. The van der Waals surface area contributed by atoms with Crippen molar-refractivity contribution in [1.29, 1.82) is 0 Å². The van der Waals surface area contributed by atoms with Crippen LogP contribution in [0.1, 0.15) is 64.7 Å². The number of carbonyl (C=O) groups excluding carboxylic acids is 3. The molecule has 0 saturated carbocycles. The molecule has 0 radical (unpaired) electrons. The van der Waals surface area contributed by atoms with Crippen LogP contribution in [0.5, 0.6) is 0 Å². The minimum absolute atomic E-state index is 0.0848. The molecule has 0 aromatic heterocycles. The molecule has 0 bridgehead atoms. The van der Waals surface area contributed by atoms with Crippen LogP contribution < -0.4 is 10.6 Å². The number of carbonyl (C=O) groups is 3. The molecule has 226 valence electrons. The zero-order valence-electron chi connectivity index (χ0n) is 25.0. The SMILES string of the molecule is CCc1ccc(C(=O)NCCCC[C@H](NC(=O)OCC2c3ccccc3-c3ccccc32)C(=O)OCc2ccccc2)cc1. The molecule has 1 aliphatic rings. The molecule has 0 fully saturated rings. The van der Waals surface area contributed by atoms with Gasteiger partial charge in [-0.2, -0.15) is 0 Å². The molecule has 4 aromatic rings. The van der Waals surface area contributed by atoms with Gasteiger partial charge in [0.25, 0.3) is 5.91 Å². The second kappa shape index (κ2) is 15.0. The maximum Gasteiger partial charge on any atom is 0.407 e. The van der Waals surface area contributed by atoms with Gasteiger partial charge in [0.05, 0.1) is 0 Å². The van der Waals surface area contributed by atoms with Crippen LogP contribution in [0.25, 0.3) is 11.1 Å². The lowest BCUT2D eigenvalue weighted by molar-refractivity contribution is -0.147. The van der Waals surface area contributed by atoms with Crippen molar-refractivity contribution in [2.45, 2.75) is 51.2 Å². The molecular weight excluding hydrogens is 552 g/mol. The normalized spacial score (nSPS) is 12.5. The van der Waals surface area contributed by atoms with Crippen molar-refractivity contribution >= 4 is 18.0 Å². The zero-order chi connectivity index (χ0) is 30.7. The standard InChI is InChI=1S/C37H38N2O5/c1-2-26-19-21-28(22-20-26)35(40)38-23-11-10-18-34(36(41)43-24-27-12-4-3-5-13-27)39-37(42)44-25-33-31-16-8-6-14-29(31)30-15-7-9-17-32(30)33/h3-9,12-17,19-22,33-34H,2,10-11,18,23-25H2,1H3,(H,38,40)(H,39,42)/t34-/m0/s1. The monoisotopic (exact) mass is 590 g/mol. The largest absolute Gasteiger partial charge is 0.459 e. The van der Waals surface area contributed by atoms with Crippen LogP contribution in [-0.4, -0.2) is 37.2 Å². The fourth-order valence-electron chi connectivity index (χ4n) is 5.53. The van der Waals surface area contributed by atoms with E-state index in [1.807, 2.05) is 78.9 Å². The number of ether oxygens (including phenoxy) is 2. The third-order valence-corrected chi connectivity index (χ3v) is 7.97. The molecule has 2 amide bonds. The lowest BCUT2D eigenvalue weighted by atomic mass is 9.98. The van der Waals surface area contributed by atoms with Crippen molar-refractivity contribution in [1.82, 2.24) is 10.6 Å². The molecule has 0 spiro atoms. The first-order chi connectivity index (χ1) is 21.5. The predicted octanol–water partition coefficient (Wildman–Crippen LogP) is 6.80. The molecule has 4 aromatic carbocycles. The number of fused-ring (bicyclic) bond motifs is 3. The molecule has 44 heavy (non-hydrogen) atoms. The van der Waals surface area contributed by atoms with Crippen molar-refractivity contribution in [2.75, 3.05) is 13.2 Å². The van der Waals surface area contributed by atoms with Crippen LogP contribution >= 0.6 is 0 Å². The van der Waals surface area contributed by atoms with Crippen molar-refractivity contribution < 1.29 is 23.9 Å². The lowest BCUT2D eigenvalue weighted by Gasteiger charge is -2.19. The highest BCUT2D eigenvalue weighted by atomic mass is 16.6. The Morgan fingerprint density at radius 2 is 1.36 bits per heavy atom. The number of hydrogen-bond acceptors (Lipinski definition) is 5. The van der Waals surface area contributed by atoms with E-state index in [0.717, 1.165) is 34.2 Å². The van der Waals surface area contributed by atoms with Crippen LogP contribution in [-0.2, 0) is 27.3 Å². The third-order valence-electron chi connectivity index (χ3n) is 7.97. The number of aryl methyl sites for hydroxylation is 1. The Morgan fingerprint density at radius 1 is 0.727 bits per heavy atom. The van der Waals surface area contributed by atoms with Crippen LogP contribution in [0, 0.1) is 0 Å². The summed E-state index contributed by atoms with van der Waals surface area (Å²) in [6.45, 7) is 2.78. The highest BCUT2D eigenvalue weighted by molar-refractivity contribution is 5.94. The van der Waals surface area contributed by atoms with E-state index in [1.54, 1.807) is 0 Å². The van der Waals surface area contributed by atoms with Crippen LogP contribution in [0.15, 0.2) is 103 Å². The smallest absolute Gasteiger partial charge is 0.407 e. The van der Waals surface area contributed by atoms with Gasteiger partial charge in [-0.3, -0.25) is 4.79 Å². The van der Waals surface area contributed by atoms with E-state index in [4.69, 9.17) is 9.47 Å². The molecule has 7 nitrogen and oxygen atoms in total. The average molecular weight is 591 g/mol. The number of esters is 1. The molecule has 1 aliphatic carbocycles. The van der Waals surface area contributed by atoms with E-state index < -0.39 is 18.1 Å². The van der Waals surface area contributed by atoms with E-state index in [2.05, 4.69) is 41.8 Å². The molecule has 1 atom stereocenters. The van der Waals surface area contributed by atoms with Gasteiger partial charge < -0.3 is 20.1 Å². The Morgan fingerprint density at radius 3 is 2.02 bits per heavy atom. The Hall–Kier alpha value is -4.91. The number of rotatable bonds is 13. The Labute approximate surface area is 258 Å². The highest BCUT2D eigenvalue weighted by Crippen LogP contribution is 2.44. The maximum absolute atomic E-state index is 13.1. The van der Waals surface area contributed by atoms with E-state index >= 15 is 0 Å². The fraction of sp³-hybridized carbons (Fsp3) is 0.270. The minimum atomic E-state index is -0.883. The lowest BCUT2D eigenvalue weighted by Crippen LogP contribution is -2.42. The summed E-state index contributed by atoms with van der Waals surface area (Å²) < 4.78 is 11.2. The number of hydrogen-bond donors (Lipinski definition) is 2. The van der Waals surface area contributed by atoms with Gasteiger partial charge in [-0.1, -0.05) is 97.9 Å². The first kappa shape index (κ1) is 30.5. The van der Waals surface area contributed by atoms with E-state index in [0.29, 0.717) is 31.4 Å². The Balaban J connectivity index is 1.15. The highest BCUT2D eigenvalue weighted by Gasteiger charge is 2.30. The maximum atomic E-state index is 13.1. The van der Waals surface area contributed by atoms with Gasteiger partial charge in [0.15, 0.2) is 0 Å². The predicted molar refractivity (Wildman–Crippen MR) is 170 cm³/mol. The first-order valence-corrected chi connectivity index (χ1v) is 15.2. The summed E-state index contributed by atoms with van der Waals surface area (Å²) >= 11 is 0. The molecule has 5 rings (SSSR count). The van der Waals surface area contributed by atoms with Gasteiger partial charge in [-0.15, -0.1) is 0 Å². The molecule has 0 heterocycles. The van der Waals surface area contributed by atoms with Crippen molar-refractivity contribution in [3.05, 3.63) is 131 Å². The van der Waals surface area contributed by atoms with Gasteiger partial charge in [0.1, 0.15) is 19.3 Å². The van der Waals surface area contributed by atoms with Gasteiger partial charge in [0.2, 0.25) is 0 Å². The summed E-state index contributed by atoms with van der Waals surface area (Å²) in [6.07, 6.45) is 1.81. The van der Waals surface area contributed by atoms with Crippen molar-refractivity contribution in [2.24, 2.45) is 0 Å². The van der Waals surface area contributed by atoms with Crippen LogP contribution in [0.2, 0.25) is 0 Å². The Bertz CT molecular complexity index is 1520. The first-order valence-electron chi connectivity index (χ1n) is 15.2.